The summed E-state index contributed by atoms with van der Waals surface area (Å²) < 4.78 is 26.7. The number of aryl methyl sites for hydroxylation is 1. The van der Waals surface area contributed by atoms with E-state index >= 15 is 0 Å². The van der Waals surface area contributed by atoms with Gasteiger partial charge in [-0.3, -0.25) is 10.1 Å². The van der Waals surface area contributed by atoms with Crippen LogP contribution in [0, 0.1) is 12.8 Å². The fourth-order valence-electron chi connectivity index (χ4n) is 2.89. The topological polar surface area (TPSA) is 79.0 Å². The molecule has 0 aliphatic carbocycles. The van der Waals surface area contributed by atoms with E-state index in [1.54, 1.807) is 4.31 Å². The quantitative estimate of drug-likeness (QED) is 0.931. The summed E-state index contributed by atoms with van der Waals surface area (Å²) in [7, 11) is -3.43. The molecule has 1 saturated heterocycles. The van der Waals surface area contributed by atoms with Gasteiger partial charge in [0.05, 0.1) is 6.20 Å². The van der Waals surface area contributed by atoms with Gasteiger partial charge < -0.3 is 0 Å². The Hall–Kier alpha value is -1.73. The summed E-state index contributed by atoms with van der Waals surface area (Å²) in [5.41, 5.74) is 2.16. The van der Waals surface area contributed by atoms with E-state index in [-0.39, 0.29) is 4.90 Å². The molecular formula is C15H20N4O2S. The third-order valence-electron chi connectivity index (χ3n) is 4.09. The van der Waals surface area contributed by atoms with Gasteiger partial charge in [0, 0.05) is 31.2 Å². The molecule has 1 aliphatic rings. The molecular weight excluding hydrogens is 300 g/mol. The van der Waals surface area contributed by atoms with Crippen molar-refractivity contribution >= 4 is 10.0 Å². The number of hydrogen-bond donors (Lipinski definition) is 1. The van der Waals surface area contributed by atoms with E-state index in [1.165, 1.54) is 12.4 Å². The average Bonchev–Trinajstić information content (AvgIpc) is 3.05. The molecule has 3 heterocycles. The molecule has 0 amide bonds. The maximum absolute atomic E-state index is 12.5. The first-order valence-corrected chi connectivity index (χ1v) is 8.90. The number of aromatic amines is 1. The van der Waals surface area contributed by atoms with Crippen LogP contribution in [0.25, 0.3) is 0 Å². The molecule has 1 unspecified atom stereocenters. The maximum atomic E-state index is 12.5. The number of piperidine rings is 1. The molecule has 6 nitrogen and oxygen atoms in total. The van der Waals surface area contributed by atoms with Gasteiger partial charge in [-0.2, -0.15) is 9.40 Å². The molecule has 0 spiro atoms. The molecule has 118 valence electrons. The summed E-state index contributed by atoms with van der Waals surface area (Å²) >= 11 is 0. The van der Waals surface area contributed by atoms with Crippen molar-refractivity contribution < 1.29 is 8.42 Å². The molecule has 22 heavy (non-hydrogen) atoms. The number of aromatic nitrogens is 3. The molecule has 1 aliphatic heterocycles. The number of sulfonamides is 1. The van der Waals surface area contributed by atoms with Crippen LogP contribution in [-0.4, -0.2) is 41.0 Å². The second-order valence-corrected chi connectivity index (χ2v) is 7.76. The van der Waals surface area contributed by atoms with Crippen LogP contribution < -0.4 is 0 Å². The Balaban J connectivity index is 1.70. The number of nitrogens with zero attached hydrogens (tertiary/aromatic N) is 3. The molecule has 7 heteroatoms. The van der Waals surface area contributed by atoms with Gasteiger partial charge in [-0.25, -0.2) is 8.42 Å². The Bertz CT molecular complexity index is 711. The van der Waals surface area contributed by atoms with Crippen LogP contribution in [0.5, 0.6) is 0 Å². The molecule has 2 aromatic rings. The van der Waals surface area contributed by atoms with Gasteiger partial charge >= 0.3 is 0 Å². The van der Waals surface area contributed by atoms with E-state index in [4.69, 9.17) is 0 Å². The summed E-state index contributed by atoms with van der Waals surface area (Å²) in [5.74, 6) is 0.333. The van der Waals surface area contributed by atoms with E-state index in [9.17, 15) is 8.42 Å². The average molecular weight is 320 g/mol. The third-order valence-corrected chi connectivity index (χ3v) is 5.92. The van der Waals surface area contributed by atoms with E-state index in [1.807, 2.05) is 19.2 Å². The van der Waals surface area contributed by atoms with E-state index in [0.29, 0.717) is 19.0 Å². The largest absolute Gasteiger partial charge is 0.284 e. The van der Waals surface area contributed by atoms with Crippen molar-refractivity contribution in [2.24, 2.45) is 5.92 Å². The minimum atomic E-state index is -3.43. The van der Waals surface area contributed by atoms with Gasteiger partial charge in [0.1, 0.15) is 4.90 Å². The molecule has 1 atom stereocenters. The van der Waals surface area contributed by atoms with Gasteiger partial charge in [0.25, 0.3) is 0 Å². The normalized spacial score (nSPS) is 20.1. The highest BCUT2D eigenvalue weighted by Gasteiger charge is 2.30. The lowest BCUT2D eigenvalue weighted by atomic mass is 9.93. The van der Waals surface area contributed by atoms with Gasteiger partial charge in [-0.05, 0) is 43.7 Å². The first-order valence-electron chi connectivity index (χ1n) is 7.46. The molecule has 3 rings (SSSR count). The predicted octanol–water partition coefficient (Wildman–Crippen LogP) is 1.76. The van der Waals surface area contributed by atoms with Crippen LogP contribution in [0.4, 0.5) is 0 Å². The van der Waals surface area contributed by atoms with Crippen LogP contribution in [0.1, 0.15) is 24.1 Å². The summed E-state index contributed by atoms with van der Waals surface area (Å²) in [6.07, 6.45) is 7.49. The summed E-state index contributed by atoms with van der Waals surface area (Å²) in [6.45, 7) is 3.10. The Morgan fingerprint density at radius 2 is 2.23 bits per heavy atom. The van der Waals surface area contributed by atoms with Crippen molar-refractivity contribution in [1.29, 1.82) is 0 Å². The highest BCUT2D eigenvalue weighted by atomic mass is 32.2. The number of H-pyrrole nitrogens is 1. The number of pyridine rings is 1. The second kappa shape index (κ2) is 6.18. The standard InChI is InChI=1S/C15H20N4O2S/c1-12-4-5-13(8-16-12)7-14-3-2-6-19(11-14)22(20,21)15-9-17-18-10-15/h4-5,8-10,14H,2-3,6-7,11H2,1H3,(H,17,18). The van der Waals surface area contributed by atoms with Crippen molar-refractivity contribution in [1.82, 2.24) is 19.5 Å². The van der Waals surface area contributed by atoms with Gasteiger partial charge in [0.15, 0.2) is 0 Å². The van der Waals surface area contributed by atoms with Crippen LogP contribution in [-0.2, 0) is 16.4 Å². The maximum Gasteiger partial charge on any atom is 0.246 e. The first kappa shape index (κ1) is 15.2. The van der Waals surface area contributed by atoms with E-state index in [0.717, 1.165) is 30.5 Å². The number of nitrogens with one attached hydrogen (secondary N) is 1. The lowest BCUT2D eigenvalue weighted by Gasteiger charge is -2.31. The lowest BCUT2D eigenvalue weighted by molar-refractivity contribution is 0.265. The summed E-state index contributed by atoms with van der Waals surface area (Å²) in [6, 6.07) is 4.07. The molecule has 0 saturated carbocycles. The lowest BCUT2D eigenvalue weighted by Crippen LogP contribution is -2.40. The number of rotatable bonds is 4. The summed E-state index contributed by atoms with van der Waals surface area (Å²) in [4.78, 5) is 4.55. The van der Waals surface area contributed by atoms with Crippen molar-refractivity contribution in [2.75, 3.05) is 13.1 Å². The second-order valence-electron chi connectivity index (χ2n) is 5.82. The van der Waals surface area contributed by atoms with E-state index in [2.05, 4.69) is 21.2 Å². The molecule has 0 radical (unpaired) electrons. The van der Waals surface area contributed by atoms with Crippen molar-refractivity contribution in [3.63, 3.8) is 0 Å². The Labute approximate surface area is 130 Å². The van der Waals surface area contributed by atoms with Gasteiger partial charge in [-0.15, -0.1) is 0 Å². The first-order chi connectivity index (χ1) is 10.6. The highest BCUT2D eigenvalue weighted by Crippen LogP contribution is 2.25. The SMILES string of the molecule is Cc1ccc(CC2CCCN(S(=O)(=O)c3cn[nH]c3)C2)cn1. The molecule has 0 bridgehead atoms. The zero-order valence-corrected chi connectivity index (χ0v) is 13.4. The Morgan fingerprint density at radius 1 is 1.36 bits per heavy atom. The highest BCUT2D eigenvalue weighted by molar-refractivity contribution is 7.89. The predicted molar refractivity (Wildman–Crippen MR) is 82.7 cm³/mol. The molecule has 0 aromatic carbocycles. The zero-order valence-electron chi connectivity index (χ0n) is 12.6. The molecule has 1 N–H and O–H groups in total. The summed E-state index contributed by atoms with van der Waals surface area (Å²) in [5, 5.41) is 6.31. The Kier molecular flexibility index (Phi) is 4.26. The smallest absolute Gasteiger partial charge is 0.246 e. The fraction of sp³-hybridized carbons (Fsp3) is 0.467. The van der Waals surface area contributed by atoms with E-state index < -0.39 is 10.0 Å². The monoisotopic (exact) mass is 320 g/mol. The Morgan fingerprint density at radius 3 is 2.91 bits per heavy atom. The van der Waals surface area contributed by atoms with Crippen LogP contribution in [0.3, 0.4) is 0 Å². The number of hydrogen-bond acceptors (Lipinski definition) is 4. The van der Waals surface area contributed by atoms with Gasteiger partial charge in [0.2, 0.25) is 10.0 Å². The zero-order chi connectivity index (χ0) is 15.6. The van der Waals surface area contributed by atoms with Crippen molar-refractivity contribution in [3.05, 3.63) is 42.0 Å². The molecule has 1 fully saturated rings. The van der Waals surface area contributed by atoms with Gasteiger partial charge in [-0.1, -0.05) is 6.07 Å². The molecule has 2 aromatic heterocycles. The van der Waals surface area contributed by atoms with Crippen LogP contribution in [0.2, 0.25) is 0 Å². The van der Waals surface area contributed by atoms with Crippen LogP contribution in [0.15, 0.2) is 35.6 Å². The van der Waals surface area contributed by atoms with Crippen molar-refractivity contribution in [2.45, 2.75) is 31.1 Å². The van der Waals surface area contributed by atoms with Crippen LogP contribution >= 0.6 is 0 Å². The minimum Gasteiger partial charge on any atom is -0.284 e. The minimum absolute atomic E-state index is 0.241. The van der Waals surface area contributed by atoms with Crippen molar-refractivity contribution in [3.8, 4) is 0 Å². The third kappa shape index (κ3) is 3.20. The fourth-order valence-corrected chi connectivity index (χ4v) is 4.36.